The third kappa shape index (κ3) is 4.49. The monoisotopic (exact) mass is 227 g/mol. The molecule has 1 atom stereocenters. The highest BCUT2D eigenvalue weighted by atomic mass is 16.2. The van der Waals surface area contributed by atoms with Crippen LogP contribution in [-0.2, 0) is 4.79 Å². The number of rotatable bonds is 6. The van der Waals surface area contributed by atoms with Crippen molar-refractivity contribution in [3.63, 3.8) is 0 Å². The summed E-state index contributed by atoms with van der Waals surface area (Å²) in [6.45, 7) is 7.17. The number of amides is 1. The van der Waals surface area contributed by atoms with Crippen molar-refractivity contribution in [3.8, 4) is 0 Å². The van der Waals surface area contributed by atoms with E-state index >= 15 is 0 Å². The van der Waals surface area contributed by atoms with Crippen molar-refractivity contribution in [3.05, 3.63) is 0 Å². The van der Waals surface area contributed by atoms with Crippen molar-refractivity contribution in [1.82, 2.24) is 15.5 Å². The van der Waals surface area contributed by atoms with Crippen LogP contribution in [0.4, 0.5) is 0 Å². The summed E-state index contributed by atoms with van der Waals surface area (Å²) in [5.74, 6) is 0.171. The second-order valence-corrected chi connectivity index (χ2v) is 4.87. The Morgan fingerprint density at radius 3 is 2.88 bits per heavy atom. The van der Waals surface area contributed by atoms with Gasteiger partial charge < -0.3 is 15.5 Å². The molecule has 0 spiro atoms. The van der Waals surface area contributed by atoms with Gasteiger partial charge in [0, 0.05) is 12.6 Å². The van der Waals surface area contributed by atoms with Gasteiger partial charge in [-0.3, -0.25) is 4.79 Å². The van der Waals surface area contributed by atoms with Crippen molar-refractivity contribution in [1.29, 1.82) is 0 Å². The highest BCUT2D eigenvalue weighted by Gasteiger charge is 2.21. The minimum atomic E-state index is 0.0582. The molecular weight excluding hydrogens is 202 g/mol. The fourth-order valence-corrected chi connectivity index (χ4v) is 1.83. The van der Waals surface area contributed by atoms with Crippen LogP contribution in [0.2, 0.25) is 0 Å². The van der Waals surface area contributed by atoms with E-state index in [1.54, 1.807) is 0 Å². The van der Waals surface area contributed by atoms with Gasteiger partial charge >= 0.3 is 0 Å². The molecule has 1 heterocycles. The quantitative estimate of drug-likeness (QED) is 0.653. The fourth-order valence-electron chi connectivity index (χ4n) is 1.83. The van der Waals surface area contributed by atoms with Crippen molar-refractivity contribution < 1.29 is 4.79 Å². The van der Waals surface area contributed by atoms with E-state index < -0.39 is 0 Å². The molecule has 0 radical (unpaired) electrons. The van der Waals surface area contributed by atoms with Crippen LogP contribution in [0.1, 0.15) is 33.1 Å². The summed E-state index contributed by atoms with van der Waals surface area (Å²) in [5.41, 5.74) is 0. The highest BCUT2D eigenvalue weighted by Crippen LogP contribution is 2.04. The van der Waals surface area contributed by atoms with E-state index in [0.29, 0.717) is 6.04 Å². The van der Waals surface area contributed by atoms with Gasteiger partial charge in [-0.05, 0) is 53.2 Å². The Balaban J connectivity index is 2.04. The summed E-state index contributed by atoms with van der Waals surface area (Å²) in [4.78, 5) is 13.9. The number of hydrogen-bond acceptors (Lipinski definition) is 3. The summed E-state index contributed by atoms with van der Waals surface area (Å²) in [5, 5.41) is 6.19. The molecule has 0 aromatic heterocycles. The molecule has 1 aliphatic heterocycles. The summed E-state index contributed by atoms with van der Waals surface area (Å²) in [6, 6.07) is 0.634. The van der Waals surface area contributed by atoms with Crippen LogP contribution < -0.4 is 10.6 Å². The second kappa shape index (κ2) is 6.86. The first kappa shape index (κ1) is 13.5. The largest absolute Gasteiger partial charge is 0.355 e. The molecule has 4 nitrogen and oxygen atoms in total. The zero-order valence-electron chi connectivity index (χ0n) is 10.8. The smallest absolute Gasteiger partial charge is 0.237 e. The first-order chi connectivity index (χ1) is 7.61. The van der Waals surface area contributed by atoms with Crippen LogP contribution in [0.3, 0.4) is 0 Å². The van der Waals surface area contributed by atoms with E-state index in [4.69, 9.17) is 0 Å². The maximum Gasteiger partial charge on any atom is 0.237 e. The Hall–Kier alpha value is -0.610. The average molecular weight is 227 g/mol. The molecule has 94 valence electrons. The number of nitrogens with one attached hydrogen (secondary N) is 2. The fraction of sp³-hybridized carbons (Fsp3) is 0.917. The molecule has 1 rings (SSSR count). The SMILES string of the molecule is CC(C)N(C)CCCNC(=O)[C@H]1CCCN1. The molecule has 1 saturated heterocycles. The maximum atomic E-state index is 11.6. The molecule has 1 amide bonds. The summed E-state index contributed by atoms with van der Waals surface area (Å²) >= 11 is 0. The van der Waals surface area contributed by atoms with Crippen LogP contribution in [0.25, 0.3) is 0 Å². The second-order valence-electron chi connectivity index (χ2n) is 4.87. The molecule has 0 aromatic carbocycles. The zero-order valence-corrected chi connectivity index (χ0v) is 10.8. The molecule has 4 heteroatoms. The Kier molecular flexibility index (Phi) is 5.77. The Bertz CT molecular complexity index is 212. The van der Waals surface area contributed by atoms with Crippen LogP contribution in [0, 0.1) is 0 Å². The van der Waals surface area contributed by atoms with E-state index in [0.717, 1.165) is 38.9 Å². The normalized spacial score (nSPS) is 20.7. The van der Waals surface area contributed by atoms with Gasteiger partial charge in [0.05, 0.1) is 6.04 Å². The van der Waals surface area contributed by atoms with Gasteiger partial charge in [-0.15, -0.1) is 0 Å². The van der Waals surface area contributed by atoms with Crippen LogP contribution >= 0.6 is 0 Å². The van der Waals surface area contributed by atoms with Gasteiger partial charge in [0.2, 0.25) is 5.91 Å². The third-order valence-electron chi connectivity index (χ3n) is 3.25. The molecule has 0 aliphatic carbocycles. The molecule has 16 heavy (non-hydrogen) atoms. The Morgan fingerprint density at radius 2 is 2.31 bits per heavy atom. The number of carbonyl (C=O) groups is 1. The molecule has 0 bridgehead atoms. The van der Waals surface area contributed by atoms with Crippen molar-refractivity contribution >= 4 is 5.91 Å². The summed E-state index contributed by atoms with van der Waals surface area (Å²) in [6.07, 6.45) is 3.12. The summed E-state index contributed by atoms with van der Waals surface area (Å²) in [7, 11) is 2.12. The van der Waals surface area contributed by atoms with Gasteiger partial charge in [0.1, 0.15) is 0 Å². The number of carbonyl (C=O) groups excluding carboxylic acids is 1. The minimum absolute atomic E-state index is 0.0582. The Morgan fingerprint density at radius 1 is 1.56 bits per heavy atom. The van der Waals surface area contributed by atoms with Gasteiger partial charge in [-0.25, -0.2) is 0 Å². The first-order valence-electron chi connectivity index (χ1n) is 6.32. The minimum Gasteiger partial charge on any atom is -0.355 e. The third-order valence-corrected chi connectivity index (χ3v) is 3.25. The van der Waals surface area contributed by atoms with E-state index in [9.17, 15) is 4.79 Å². The lowest BCUT2D eigenvalue weighted by Gasteiger charge is -2.21. The molecule has 1 aliphatic rings. The molecule has 0 saturated carbocycles. The topological polar surface area (TPSA) is 44.4 Å². The number of nitrogens with zero attached hydrogens (tertiary/aromatic N) is 1. The lowest BCUT2D eigenvalue weighted by atomic mass is 10.2. The van der Waals surface area contributed by atoms with Crippen molar-refractivity contribution in [2.24, 2.45) is 0 Å². The molecular formula is C12H25N3O. The van der Waals surface area contributed by atoms with E-state index in [1.807, 2.05) is 0 Å². The highest BCUT2D eigenvalue weighted by molar-refractivity contribution is 5.81. The predicted molar refractivity (Wildman–Crippen MR) is 66.4 cm³/mol. The Labute approximate surface area is 98.8 Å². The lowest BCUT2D eigenvalue weighted by Crippen LogP contribution is -2.41. The zero-order chi connectivity index (χ0) is 12.0. The molecule has 2 N–H and O–H groups in total. The molecule has 1 fully saturated rings. The predicted octanol–water partition coefficient (Wildman–Crippen LogP) is 0.585. The van der Waals surface area contributed by atoms with Gasteiger partial charge in [0.15, 0.2) is 0 Å². The number of hydrogen-bond donors (Lipinski definition) is 2. The van der Waals surface area contributed by atoms with Gasteiger partial charge in [0.25, 0.3) is 0 Å². The molecule has 0 unspecified atom stereocenters. The van der Waals surface area contributed by atoms with E-state index in [-0.39, 0.29) is 11.9 Å². The van der Waals surface area contributed by atoms with E-state index in [2.05, 4.69) is 36.4 Å². The van der Waals surface area contributed by atoms with Crippen molar-refractivity contribution in [2.75, 3.05) is 26.7 Å². The van der Waals surface area contributed by atoms with Crippen LogP contribution in [0.15, 0.2) is 0 Å². The van der Waals surface area contributed by atoms with E-state index in [1.165, 1.54) is 0 Å². The first-order valence-corrected chi connectivity index (χ1v) is 6.32. The average Bonchev–Trinajstić information content (AvgIpc) is 2.76. The van der Waals surface area contributed by atoms with Crippen molar-refractivity contribution in [2.45, 2.75) is 45.2 Å². The van der Waals surface area contributed by atoms with Crippen LogP contribution in [-0.4, -0.2) is 49.6 Å². The standard InChI is InChI=1S/C12H25N3O/c1-10(2)15(3)9-5-8-14-12(16)11-6-4-7-13-11/h10-11,13H,4-9H2,1-3H3,(H,14,16)/t11-/m1/s1. The van der Waals surface area contributed by atoms with Crippen LogP contribution in [0.5, 0.6) is 0 Å². The summed E-state index contributed by atoms with van der Waals surface area (Å²) < 4.78 is 0. The lowest BCUT2D eigenvalue weighted by molar-refractivity contribution is -0.122. The van der Waals surface area contributed by atoms with Gasteiger partial charge in [-0.2, -0.15) is 0 Å². The maximum absolute atomic E-state index is 11.6. The molecule has 0 aromatic rings. The van der Waals surface area contributed by atoms with Gasteiger partial charge in [-0.1, -0.05) is 0 Å².